The largest absolute Gasteiger partial charge is 0.367 e. The highest BCUT2D eigenvalue weighted by molar-refractivity contribution is 6.33. The summed E-state index contributed by atoms with van der Waals surface area (Å²) < 4.78 is 0. The van der Waals surface area contributed by atoms with Crippen LogP contribution < -0.4 is 10.2 Å². The third kappa shape index (κ3) is 2.82. The molecule has 2 aromatic carbocycles. The summed E-state index contributed by atoms with van der Waals surface area (Å²) in [7, 11) is 0. The highest BCUT2D eigenvalue weighted by atomic mass is 35.5. The highest BCUT2D eigenvalue weighted by Gasteiger charge is 2.22. The molecule has 0 bridgehead atoms. The fourth-order valence-electron chi connectivity index (χ4n) is 2.75. The van der Waals surface area contributed by atoms with Crippen LogP contribution >= 0.6 is 11.6 Å². The Morgan fingerprint density at radius 3 is 2.70 bits per heavy atom. The van der Waals surface area contributed by atoms with Crippen molar-refractivity contribution in [2.24, 2.45) is 0 Å². The Labute approximate surface area is 125 Å². The molecule has 3 heteroatoms. The molecule has 104 valence electrons. The maximum absolute atomic E-state index is 6.39. The van der Waals surface area contributed by atoms with Gasteiger partial charge in [0.1, 0.15) is 0 Å². The summed E-state index contributed by atoms with van der Waals surface area (Å²) in [4.78, 5) is 2.37. The van der Waals surface area contributed by atoms with Crippen LogP contribution in [0, 0.1) is 6.92 Å². The minimum atomic E-state index is 0.363. The van der Waals surface area contributed by atoms with E-state index in [2.05, 4.69) is 59.6 Å². The molecule has 0 aromatic heterocycles. The van der Waals surface area contributed by atoms with Gasteiger partial charge in [-0.2, -0.15) is 0 Å². The number of benzene rings is 2. The molecule has 2 aromatic rings. The summed E-state index contributed by atoms with van der Waals surface area (Å²) in [6.45, 7) is 4.99. The Morgan fingerprint density at radius 1 is 1.15 bits per heavy atom. The zero-order valence-corrected chi connectivity index (χ0v) is 12.4. The van der Waals surface area contributed by atoms with Gasteiger partial charge >= 0.3 is 0 Å². The maximum atomic E-state index is 6.39. The fraction of sp³-hybridized carbons (Fsp3) is 0.294. The normalized spacial score (nSPS) is 19.1. The van der Waals surface area contributed by atoms with Gasteiger partial charge in [0.15, 0.2) is 0 Å². The van der Waals surface area contributed by atoms with E-state index in [9.17, 15) is 0 Å². The first-order chi connectivity index (χ1) is 9.74. The van der Waals surface area contributed by atoms with E-state index in [0.717, 1.165) is 30.3 Å². The predicted molar refractivity (Wildman–Crippen MR) is 85.6 cm³/mol. The maximum Gasteiger partial charge on any atom is 0.0642 e. The molecule has 1 unspecified atom stereocenters. The number of anilines is 1. The van der Waals surface area contributed by atoms with Crippen LogP contribution in [0.15, 0.2) is 48.5 Å². The van der Waals surface area contributed by atoms with Crippen molar-refractivity contribution in [1.82, 2.24) is 5.32 Å². The van der Waals surface area contributed by atoms with Crippen LogP contribution in [0.5, 0.6) is 0 Å². The second-order valence-electron chi connectivity index (χ2n) is 5.32. The smallest absolute Gasteiger partial charge is 0.0642 e. The molecule has 3 rings (SSSR count). The van der Waals surface area contributed by atoms with E-state index in [-0.39, 0.29) is 0 Å². The molecule has 2 nitrogen and oxygen atoms in total. The van der Waals surface area contributed by atoms with Crippen molar-refractivity contribution in [2.75, 3.05) is 24.5 Å². The predicted octanol–water partition coefficient (Wildman–Crippen LogP) is 3.80. The van der Waals surface area contributed by atoms with Crippen molar-refractivity contribution < 1.29 is 0 Å². The number of rotatable bonds is 2. The van der Waals surface area contributed by atoms with Gasteiger partial charge in [0.25, 0.3) is 0 Å². The van der Waals surface area contributed by atoms with E-state index in [4.69, 9.17) is 11.6 Å². The molecule has 0 spiro atoms. The minimum Gasteiger partial charge on any atom is -0.367 e. The van der Waals surface area contributed by atoms with Gasteiger partial charge in [-0.15, -0.1) is 0 Å². The summed E-state index contributed by atoms with van der Waals surface area (Å²) >= 11 is 6.39. The first-order valence-corrected chi connectivity index (χ1v) is 7.41. The molecule has 0 saturated carbocycles. The number of nitrogens with one attached hydrogen (secondary N) is 1. The second kappa shape index (κ2) is 5.86. The van der Waals surface area contributed by atoms with E-state index in [0.29, 0.717) is 6.04 Å². The molecule has 0 amide bonds. The van der Waals surface area contributed by atoms with Gasteiger partial charge in [-0.3, -0.25) is 0 Å². The Kier molecular flexibility index (Phi) is 3.95. The Balaban J connectivity index is 1.81. The van der Waals surface area contributed by atoms with Gasteiger partial charge in [-0.05, 0) is 30.2 Å². The highest BCUT2D eigenvalue weighted by Crippen LogP contribution is 2.29. The first kappa shape index (κ1) is 13.5. The van der Waals surface area contributed by atoms with Gasteiger partial charge in [-0.1, -0.05) is 48.0 Å². The van der Waals surface area contributed by atoms with E-state index >= 15 is 0 Å². The van der Waals surface area contributed by atoms with Gasteiger partial charge in [0.2, 0.25) is 0 Å². The fourth-order valence-corrected chi connectivity index (χ4v) is 3.10. The van der Waals surface area contributed by atoms with Crippen LogP contribution in [-0.4, -0.2) is 19.6 Å². The monoisotopic (exact) mass is 286 g/mol. The average molecular weight is 287 g/mol. The molecule has 1 atom stereocenters. The molecule has 1 heterocycles. The van der Waals surface area contributed by atoms with E-state index in [1.807, 2.05) is 6.07 Å². The number of hydrogen-bond donors (Lipinski definition) is 1. The van der Waals surface area contributed by atoms with Crippen LogP contribution in [0.1, 0.15) is 17.2 Å². The average Bonchev–Trinajstić information content (AvgIpc) is 2.48. The van der Waals surface area contributed by atoms with Gasteiger partial charge in [0, 0.05) is 25.7 Å². The van der Waals surface area contributed by atoms with Crippen LogP contribution in [0.3, 0.4) is 0 Å². The minimum absolute atomic E-state index is 0.363. The van der Waals surface area contributed by atoms with Crippen LogP contribution in [0.2, 0.25) is 5.02 Å². The number of hydrogen-bond acceptors (Lipinski definition) is 2. The molecule has 0 aliphatic carbocycles. The summed E-state index contributed by atoms with van der Waals surface area (Å²) in [5.41, 5.74) is 3.67. The van der Waals surface area contributed by atoms with Crippen molar-refractivity contribution >= 4 is 17.3 Å². The number of halogens is 1. The standard InChI is InChI=1S/C17H19ClN2/c1-13-7-8-17(15(18)11-13)20-10-9-19-16(12-20)14-5-3-2-4-6-14/h2-8,11,16,19H,9-10,12H2,1H3. The lowest BCUT2D eigenvalue weighted by Gasteiger charge is -2.36. The van der Waals surface area contributed by atoms with Crippen LogP contribution in [0.25, 0.3) is 0 Å². The molecular formula is C17H19ClN2. The summed E-state index contributed by atoms with van der Waals surface area (Å²) in [6, 6.07) is 17.3. The molecule has 0 radical (unpaired) electrons. The molecular weight excluding hydrogens is 268 g/mol. The lowest BCUT2D eigenvalue weighted by molar-refractivity contribution is 0.472. The second-order valence-corrected chi connectivity index (χ2v) is 5.73. The number of aryl methyl sites for hydroxylation is 1. The van der Waals surface area contributed by atoms with E-state index in [1.165, 1.54) is 11.1 Å². The Bertz CT molecular complexity index is 583. The molecule has 1 fully saturated rings. The van der Waals surface area contributed by atoms with Crippen LogP contribution in [0.4, 0.5) is 5.69 Å². The van der Waals surface area contributed by atoms with E-state index < -0.39 is 0 Å². The Hall–Kier alpha value is -1.51. The summed E-state index contributed by atoms with van der Waals surface area (Å²) in [5.74, 6) is 0. The lowest BCUT2D eigenvalue weighted by atomic mass is 10.0. The van der Waals surface area contributed by atoms with Gasteiger partial charge < -0.3 is 10.2 Å². The van der Waals surface area contributed by atoms with Crippen molar-refractivity contribution in [3.63, 3.8) is 0 Å². The molecule has 20 heavy (non-hydrogen) atoms. The van der Waals surface area contributed by atoms with Crippen molar-refractivity contribution in [2.45, 2.75) is 13.0 Å². The molecule has 1 N–H and O–H groups in total. The quantitative estimate of drug-likeness (QED) is 0.903. The zero-order chi connectivity index (χ0) is 13.9. The summed E-state index contributed by atoms with van der Waals surface area (Å²) in [5, 5.41) is 4.43. The molecule has 1 aliphatic rings. The zero-order valence-electron chi connectivity index (χ0n) is 11.6. The number of piperazine rings is 1. The van der Waals surface area contributed by atoms with Crippen LogP contribution in [-0.2, 0) is 0 Å². The topological polar surface area (TPSA) is 15.3 Å². The third-order valence-corrected chi connectivity index (χ3v) is 4.12. The van der Waals surface area contributed by atoms with Crippen molar-refractivity contribution in [3.05, 3.63) is 64.7 Å². The van der Waals surface area contributed by atoms with Crippen molar-refractivity contribution in [1.29, 1.82) is 0 Å². The van der Waals surface area contributed by atoms with E-state index in [1.54, 1.807) is 0 Å². The summed E-state index contributed by atoms with van der Waals surface area (Å²) in [6.07, 6.45) is 0. The Morgan fingerprint density at radius 2 is 1.95 bits per heavy atom. The SMILES string of the molecule is Cc1ccc(N2CCNC(c3ccccc3)C2)c(Cl)c1. The molecule has 1 saturated heterocycles. The van der Waals surface area contributed by atoms with Gasteiger partial charge in [0.05, 0.1) is 10.7 Å². The lowest BCUT2D eigenvalue weighted by Crippen LogP contribution is -2.46. The van der Waals surface area contributed by atoms with Crippen molar-refractivity contribution in [3.8, 4) is 0 Å². The third-order valence-electron chi connectivity index (χ3n) is 3.82. The number of nitrogens with zero attached hydrogens (tertiary/aromatic N) is 1. The molecule has 1 aliphatic heterocycles. The first-order valence-electron chi connectivity index (χ1n) is 7.03. The van der Waals surface area contributed by atoms with Gasteiger partial charge in [-0.25, -0.2) is 0 Å².